The first kappa shape index (κ1) is 18.7. The molecule has 0 aromatic heterocycles. The number of phenols is 1. The molecule has 0 spiro atoms. The summed E-state index contributed by atoms with van der Waals surface area (Å²) in [6.45, 7) is 4.07. The number of aliphatic carboxylic acids is 1. The van der Waals surface area contributed by atoms with Crippen LogP contribution in [0.1, 0.15) is 37.8 Å². The fraction of sp³-hybridized carbons (Fsp3) is 0.316. The van der Waals surface area contributed by atoms with Crippen molar-refractivity contribution in [1.82, 2.24) is 0 Å². The lowest BCUT2D eigenvalue weighted by Crippen LogP contribution is -1.93. The smallest absolute Gasteiger partial charge is 0.328 e. The third-order valence-electron chi connectivity index (χ3n) is 3.35. The Morgan fingerprint density at radius 1 is 1.22 bits per heavy atom. The Morgan fingerprint density at radius 3 is 2.57 bits per heavy atom. The second-order valence-corrected chi connectivity index (χ2v) is 5.60. The number of aliphatic hydroxyl groups excluding tert-OH is 1. The molecule has 1 rings (SSSR count). The van der Waals surface area contributed by atoms with Gasteiger partial charge in [-0.05, 0) is 68.0 Å². The van der Waals surface area contributed by atoms with E-state index in [1.165, 1.54) is 11.6 Å². The summed E-state index contributed by atoms with van der Waals surface area (Å²) in [5, 5.41) is 28.0. The molecule has 0 atom stereocenters. The van der Waals surface area contributed by atoms with Crippen LogP contribution in [0.25, 0.3) is 6.08 Å². The zero-order chi connectivity index (χ0) is 17.2. The third kappa shape index (κ3) is 7.47. The summed E-state index contributed by atoms with van der Waals surface area (Å²) < 4.78 is 0. The van der Waals surface area contributed by atoms with Crippen molar-refractivity contribution in [2.75, 3.05) is 6.61 Å². The Balaban J connectivity index is 2.81. The van der Waals surface area contributed by atoms with Crippen LogP contribution >= 0.6 is 0 Å². The summed E-state index contributed by atoms with van der Waals surface area (Å²) in [5.41, 5.74) is 3.58. The highest BCUT2D eigenvalue weighted by molar-refractivity contribution is 5.85. The van der Waals surface area contributed by atoms with Gasteiger partial charge in [0.25, 0.3) is 0 Å². The second kappa shape index (κ2) is 9.64. The second-order valence-electron chi connectivity index (χ2n) is 5.60. The average molecular weight is 316 g/mol. The molecule has 0 aliphatic rings. The molecule has 0 aliphatic carbocycles. The van der Waals surface area contributed by atoms with E-state index in [1.807, 2.05) is 19.9 Å². The fourth-order valence-corrected chi connectivity index (χ4v) is 2.09. The molecule has 4 heteroatoms. The van der Waals surface area contributed by atoms with Crippen LogP contribution in [0.15, 0.2) is 47.6 Å². The van der Waals surface area contributed by atoms with Crippen LogP contribution in [-0.4, -0.2) is 27.9 Å². The first-order valence-corrected chi connectivity index (χ1v) is 7.57. The normalized spacial score (nSPS) is 11.7. The van der Waals surface area contributed by atoms with Crippen molar-refractivity contribution >= 4 is 12.0 Å². The van der Waals surface area contributed by atoms with Gasteiger partial charge in [0.2, 0.25) is 0 Å². The lowest BCUT2D eigenvalue weighted by atomic mass is 10.0. The number of hydrogen-bond acceptors (Lipinski definition) is 3. The van der Waals surface area contributed by atoms with E-state index >= 15 is 0 Å². The highest BCUT2D eigenvalue weighted by Gasteiger charge is 2.02. The Labute approximate surface area is 137 Å². The Bertz CT molecular complexity index is 620. The van der Waals surface area contributed by atoms with Gasteiger partial charge in [0.05, 0.1) is 6.61 Å². The summed E-state index contributed by atoms with van der Waals surface area (Å²) in [4.78, 5) is 10.5. The van der Waals surface area contributed by atoms with E-state index in [0.29, 0.717) is 17.5 Å². The molecule has 0 fully saturated rings. The molecule has 0 aliphatic heterocycles. The molecule has 4 nitrogen and oxygen atoms in total. The lowest BCUT2D eigenvalue weighted by molar-refractivity contribution is -0.131. The summed E-state index contributed by atoms with van der Waals surface area (Å²) in [5.74, 6) is -0.850. The quantitative estimate of drug-likeness (QED) is 0.505. The minimum absolute atomic E-state index is 0.00400. The minimum atomic E-state index is -1.01. The number of phenolic OH excluding ortho intramolecular Hbond substituents is 1. The van der Waals surface area contributed by atoms with Crippen molar-refractivity contribution in [3.63, 3.8) is 0 Å². The Morgan fingerprint density at radius 2 is 1.96 bits per heavy atom. The van der Waals surface area contributed by atoms with Crippen molar-refractivity contribution in [3.8, 4) is 5.75 Å². The molecular formula is C19H24O4. The molecular weight excluding hydrogens is 292 g/mol. The van der Waals surface area contributed by atoms with Crippen molar-refractivity contribution in [2.45, 2.75) is 33.1 Å². The molecule has 3 N–H and O–H groups in total. The number of allylic oxidation sites excluding steroid dienone is 3. The van der Waals surface area contributed by atoms with Crippen LogP contribution < -0.4 is 0 Å². The van der Waals surface area contributed by atoms with E-state index in [-0.39, 0.29) is 12.4 Å². The highest BCUT2D eigenvalue weighted by atomic mass is 16.4. The molecule has 0 unspecified atom stereocenters. The molecule has 124 valence electrons. The number of hydrogen-bond donors (Lipinski definition) is 3. The fourth-order valence-electron chi connectivity index (χ4n) is 2.09. The standard InChI is InChI=1S/C19H24O4/c1-14(2)4-3-5-16(13-20)6-9-17-12-15(7-10-18(17)21)8-11-19(22)23/h4,6-8,10-12,20-21H,3,5,9,13H2,1-2H3,(H,22,23)/b11-8+,16-6+. The van der Waals surface area contributed by atoms with Crippen LogP contribution in [0.2, 0.25) is 0 Å². The van der Waals surface area contributed by atoms with Gasteiger partial charge in [0.15, 0.2) is 0 Å². The lowest BCUT2D eigenvalue weighted by Gasteiger charge is -2.06. The van der Waals surface area contributed by atoms with E-state index < -0.39 is 5.97 Å². The first-order chi connectivity index (χ1) is 10.9. The van der Waals surface area contributed by atoms with Gasteiger partial charge in [-0.1, -0.05) is 23.8 Å². The Hall–Kier alpha value is -2.33. The SMILES string of the molecule is CC(C)=CCC/C(=C\Cc1cc(/C=C/C(=O)O)ccc1O)CO. The minimum Gasteiger partial charge on any atom is -0.508 e. The van der Waals surface area contributed by atoms with Gasteiger partial charge in [-0.2, -0.15) is 0 Å². The molecule has 23 heavy (non-hydrogen) atoms. The van der Waals surface area contributed by atoms with E-state index in [0.717, 1.165) is 24.5 Å². The van der Waals surface area contributed by atoms with Crippen LogP contribution in [0.3, 0.4) is 0 Å². The number of benzene rings is 1. The number of aliphatic hydroxyl groups is 1. The van der Waals surface area contributed by atoms with Crippen molar-refractivity contribution in [2.24, 2.45) is 0 Å². The van der Waals surface area contributed by atoms with Gasteiger partial charge in [-0.3, -0.25) is 0 Å². The van der Waals surface area contributed by atoms with Gasteiger partial charge in [0.1, 0.15) is 5.75 Å². The average Bonchev–Trinajstić information content (AvgIpc) is 2.50. The van der Waals surface area contributed by atoms with Gasteiger partial charge >= 0.3 is 5.97 Å². The number of aromatic hydroxyl groups is 1. The topological polar surface area (TPSA) is 77.8 Å². The molecule has 0 radical (unpaired) electrons. The monoisotopic (exact) mass is 316 g/mol. The van der Waals surface area contributed by atoms with Crippen LogP contribution in [0.4, 0.5) is 0 Å². The Kier molecular flexibility index (Phi) is 7.84. The summed E-state index contributed by atoms with van der Waals surface area (Å²) >= 11 is 0. The van der Waals surface area contributed by atoms with E-state index in [1.54, 1.807) is 18.2 Å². The van der Waals surface area contributed by atoms with Crippen LogP contribution in [-0.2, 0) is 11.2 Å². The van der Waals surface area contributed by atoms with Gasteiger partial charge in [0, 0.05) is 6.08 Å². The van der Waals surface area contributed by atoms with Crippen molar-refractivity contribution < 1.29 is 20.1 Å². The number of carboxylic acids is 1. The maximum atomic E-state index is 10.5. The summed E-state index contributed by atoms with van der Waals surface area (Å²) in [6, 6.07) is 4.95. The van der Waals surface area contributed by atoms with Crippen molar-refractivity contribution in [1.29, 1.82) is 0 Å². The van der Waals surface area contributed by atoms with Crippen LogP contribution in [0.5, 0.6) is 5.75 Å². The van der Waals surface area contributed by atoms with Gasteiger partial charge < -0.3 is 15.3 Å². The van der Waals surface area contributed by atoms with E-state index in [2.05, 4.69) is 6.08 Å². The third-order valence-corrected chi connectivity index (χ3v) is 3.35. The zero-order valence-electron chi connectivity index (χ0n) is 13.6. The predicted molar refractivity (Wildman–Crippen MR) is 92.3 cm³/mol. The molecule has 0 saturated carbocycles. The van der Waals surface area contributed by atoms with E-state index in [4.69, 9.17) is 5.11 Å². The highest BCUT2D eigenvalue weighted by Crippen LogP contribution is 2.21. The first-order valence-electron chi connectivity index (χ1n) is 7.57. The number of rotatable bonds is 8. The van der Waals surface area contributed by atoms with Crippen molar-refractivity contribution in [3.05, 3.63) is 58.7 Å². The largest absolute Gasteiger partial charge is 0.508 e. The van der Waals surface area contributed by atoms with Crippen LogP contribution in [0, 0.1) is 0 Å². The molecule has 0 bridgehead atoms. The van der Waals surface area contributed by atoms with E-state index in [9.17, 15) is 15.0 Å². The molecule has 0 amide bonds. The number of carbonyl (C=O) groups is 1. The predicted octanol–water partition coefficient (Wildman–Crippen LogP) is 3.70. The summed E-state index contributed by atoms with van der Waals surface area (Å²) in [7, 11) is 0. The zero-order valence-corrected chi connectivity index (χ0v) is 13.6. The van der Waals surface area contributed by atoms with Gasteiger partial charge in [-0.15, -0.1) is 0 Å². The molecule has 0 heterocycles. The molecule has 0 saturated heterocycles. The maximum Gasteiger partial charge on any atom is 0.328 e. The molecule has 1 aromatic rings. The maximum absolute atomic E-state index is 10.5. The summed E-state index contributed by atoms with van der Waals surface area (Å²) in [6.07, 6.45) is 8.73. The number of carboxylic acid groups (broad SMARTS) is 1. The molecule has 1 aromatic carbocycles. The van der Waals surface area contributed by atoms with Gasteiger partial charge in [-0.25, -0.2) is 4.79 Å².